The fourth-order valence-electron chi connectivity index (χ4n) is 1.30. The molecule has 1 rings (SSSR count). The molecule has 1 aromatic heterocycles. The van der Waals surface area contributed by atoms with Crippen LogP contribution in [-0.4, -0.2) is 11.1 Å². The van der Waals surface area contributed by atoms with E-state index in [0.29, 0.717) is 22.5 Å². The van der Waals surface area contributed by atoms with Gasteiger partial charge in [0, 0.05) is 6.07 Å². The van der Waals surface area contributed by atoms with Crippen molar-refractivity contribution < 1.29 is 4.74 Å². The van der Waals surface area contributed by atoms with E-state index in [1.165, 1.54) is 0 Å². The Labute approximate surface area is 101 Å². The summed E-state index contributed by atoms with van der Waals surface area (Å²) in [5.74, 6) is 0.897. The number of alkyl halides is 1. The van der Waals surface area contributed by atoms with Crippen molar-refractivity contribution in [1.29, 1.82) is 0 Å². The number of pyridine rings is 1. The van der Waals surface area contributed by atoms with Crippen molar-refractivity contribution in [3.63, 3.8) is 0 Å². The molecule has 0 aliphatic heterocycles. The van der Waals surface area contributed by atoms with Gasteiger partial charge in [-0.15, -0.1) is 11.6 Å². The molecule has 0 amide bonds. The maximum absolute atomic E-state index is 5.89. The molecule has 2 nitrogen and oxygen atoms in total. The highest BCUT2D eigenvalue weighted by Crippen LogP contribution is 2.20. The highest BCUT2D eigenvalue weighted by Gasteiger charge is 2.07. The summed E-state index contributed by atoms with van der Waals surface area (Å²) in [6.45, 7) is 4.15. The summed E-state index contributed by atoms with van der Waals surface area (Å²) in [5, 5.41) is 0.584. The molecule has 1 unspecified atom stereocenters. The van der Waals surface area contributed by atoms with E-state index in [2.05, 4.69) is 11.9 Å². The number of ether oxygens (including phenoxy) is 1. The zero-order valence-electron chi connectivity index (χ0n) is 8.96. The maximum Gasteiger partial charge on any atom is 0.213 e. The zero-order chi connectivity index (χ0) is 11.3. The number of rotatable bonds is 5. The van der Waals surface area contributed by atoms with E-state index < -0.39 is 0 Å². The average molecular weight is 248 g/mol. The average Bonchev–Trinajstić information content (AvgIpc) is 2.21. The molecule has 0 fully saturated rings. The van der Waals surface area contributed by atoms with Crippen LogP contribution in [0.25, 0.3) is 0 Å². The molecule has 0 saturated carbocycles. The first-order chi connectivity index (χ1) is 7.17. The van der Waals surface area contributed by atoms with E-state index >= 15 is 0 Å². The quantitative estimate of drug-likeness (QED) is 0.733. The fraction of sp³-hybridized carbons (Fsp3) is 0.545. The first-order valence-electron chi connectivity index (χ1n) is 5.05. The van der Waals surface area contributed by atoms with Gasteiger partial charge in [-0.3, -0.25) is 0 Å². The largest absolute Gasteiger partial charge is 0.475 e. The van der Waals surface area contributed by atoms with Gasteiger partial charge in [-0.05, 0) is 19.4 Å². The normalized spacial score (nSPS) is 12.5. The lowest BCUT2D eigenvalue weighted by Gasteiger charge is -2.13. The van der Waals surface area contributed by atoms with Gasteiger partial charge in [-0.25, -0.2) is 4.98 Å². The predicted molar refractivity (Wildman–Crippen MR) is 63.8 cm³/mol. The van der Waals surface area contributed by atoms with Crippen LogP contribution >= 0.6 is 23.2 Å². The first-order valence-corrected chi connectivity index (χ1v) is 5.96. The van der Waals surface area contributed by atoms with E-state index in [-0.39, 0.29) is 6.10 Å². The highest BCUT2D eigenvalue weighted by atomic mass is 35.5. The molecule has 0 radical (unpaired) electrons. The van der Waals surface area contributed by atoms with Crippen LogP contribution in [0.1, 0.15) is 32.4 Å². The minimum Gasteiger partial charge on any atom is -0.475 e. The molecule has 0 bridgehead atoms. The van der Waals surface area contributed by atoms with Crippen LogP contribution in [0, 0.1) is 0 Å². The molecule has 0 spiro atoms. The number of nitrogens with zero attached hydrogens (tertiary/aromatic N) is 1. The highest BCUT2D eigenvalue weighted by molar-refractivity contribution is 6.32. The van der Waals surface area contributed by atoms with E-state index in [4.69, 9.17) is 27.9 Å². The van der Waals surface area contributed by atoms with Gasteiger partial charge in [0.25, 0.3) is 0 Å². The van der Waals surface area contributed by atoms with E-state index in [0.717, 1.165) is 12.8 Å². The Morgan fingerprint density at radius 2 is 2.20 bits per heavy atom. The molecule has 0 saturated heterocycles. The second-order valence-corrected chi connectivity index (χ2v) is 4.10. The number of halogens is 2. The summed E-state index contributed by atoms with van der Waals surface area (Å²) >= 11 is 11.6. The smallest absolute Gasteiger partial charge is 0.213 e. The van der Waals surface area contributed by atoms with Crippen LogP contribution in [0.2, 0.25) is 5.02 Å². The second-order valence-electron chi connectivity index (χ2n) is 3.43. The molecule has 1 atom stereocenters. The summed E-state index contributed by atoms with van der Waals surface area (Å²) in [6.07, 6.45) is 2.28. The van der Waals surface area contributed by atoms with Gasteiger partial charge in [-0.2, -0.15) is 0 Å². The summed E-state index contributed by atoms with van der Waals surface area (Å²) in [4.78, 5) is 4.23. The van der Waals surface area contributed by atoms with Crippen LogP contribution in [0.4, 0.5) is 0 Å². The second kappa shape index (κ2) is 6.19. The molecule has 1 heterocycles. The van der Waals surface area contributed by atoms with E-state index in [1.54, 1.807) is 12.1 Å². The Bertz CT molecular complexity index is 317. The van der Waals surface area contributed by atoms with Crippen molar-refractivity contribution in [2.75, 3.05) is 0 Å². The lowest BCUT2D eigenvalue weighted by Crippen LogP contribution is -2.12. The summed E-state index contributed by atoms with van der Waals surface area (Å²) in [6, 6.07) is 3.53. The molecule has 0 aliphatic rings. The summed E-state index contributed by atoms with van der Waals surface area (Å²) in [7, 11) is 0. The van der Waals surface area contributed by atoms with Gasteiger partial charge in [0.1, 0.15) is 0 Å². The molecule has 15 heavy (non-hydrogen) atoms. The van der Waals surface area contributed by atoms with Gasteiger partial charge in [0.2, 0.25) is 5.88 Å². The number of aromatic nitrogens is 1. The monoisotopic (exact) mass is 247 g/mol. The first kappa shape index (κ1) is 12.6. The van der Waals surface area contributed by atoms with Gasteiger partial charge in [0.15, 0.2) is 0 Å². The van der Waals surface area contributed by atoms with Crippen molar-refractivity contribution in [2.45, 2.75) is 38.7 Å². The Morgan fingerprint density at radius 3 is 2.80 bits per heavy atom. The standard InChI is InChI=1S/C11H15Cl2NO/c1-3-4-8(2)15-11-6-5-9(13)10(7-12)14-11/h5-6,8H,3-4,7H2,1-2H3. The Morgan fingerprint density at radius 1 is 1.47 bits per heavy atom. The van der Waals surface area contributed by atoms with Crippen molar-refractivity contribution in [3.8, 4) is 5.88 Å². The van der Waals surface area contributed by atoms with Gasteiger partial charge < -0.3 is 4.74 Å². The fourth-order valence-corrected chi connectivity index (χ4v) is 1.74. The molecular weight excluding hydrogens is 233 g/mol. The van der Waals surface area contributed by atoms with E-state index in [1.807, 2.05) is 6.92 Å². The van der Waals surface area contributed by atoms with Crippen LogP contribution in [0.5, 0.6) is 5.88 Å². The van der Waals surface area contributed by atoms with Crippen LogP contribution in [-0.2, 0) is 5.88 Å². The Balaban J connectivity index is 2.69. The van der Waals surface area contributed by atoms with Gasteiger partial charge in [-0.1, -0.05) is 24.9 Å². The van der Waals surface area contributed by atoms with Gasteiger partial charge >= 0.3 is 0 Å². The summed E-state index contributed by atoms with van der Waals surface area (Å²) in [5.41, 5.74) is 0.666. The molecule has 0 N–H and O–H groups in total. The molecule has 84 valence electrons. The zero-order valence-corrected chi connectivity index (χ0v) is 10.5. The van der Waals surface area contributed by atoms with Crippen molar-refractivity contribution in [3.05, 3.63) is 22.8 Å². The predicted octanol–water partition coefficient (Wildman–Crippen LogP) is 4.04. The number of hydrogen-bond donors (Lipinski definition) is 0. The molecule has 4 heteroatoms. The third kappa shape index (κ3) is 3.88. The van der Waals surface area contributed by atoms with Crippen molar-refractivity contribution in [1.82, 2.24) is 4.98 Å². The minimum absolute atomic E-state index is 0.173. The Kier molecular flexibility index (Phi) is 5.20. The molecular formula is C11H15Cl2NO. The van der Waals surface area contributed by atoms with Crippen molar-refractivity contribution >= 4 is 23.2 Å². The lowest BCUT2D eigenvalue weighted by molar-refractivity contribution is 0.201. The molecule has 1 aromatic rings. The topological polar surface area (TPSA) is 22.1 Å². The Hall–Kier alpha value is -0.470. The van der Waals surface area contributed by atoms with Crippen LogP contribution in [0.15, 0.2) is 12.1 Å². The third-order valence-corrected chi connectivity index (χ3v) is 2.63. The van der Waals surface area contributed by atoms with Crippen molar-refractivity contribution in [2.24, 2.45) is 0 Å². The van der Waals surface area contributed by atoms with E-state index in [9.17, 15) is 0 Å². The molecule has 0 aromatic carbocycles. The van der Waals surface area contributed by atoms with Crippen LogP contribution < -0.4 is 4.74 Å². The minimum atomic E-state index is 0.173. The van der Waals surface area contributed by atoms with Crippen LogP contribution in [0.3, 0.4) is 0 Å². The number of hydrogen-bond acceptors (Lipinski definition) is 2. The summed E-state index contributed by atoms with van der Waals surface area (Å²) < 4.78 is 5.62. The maximum atomic E-state index is 5.89. The van der Waals surface area contributed by atoms with Gasteiger partial charge in [0.05, 0.1) is 22.7 Å². The third-order valence-electron chi connectivity index (χ3n) is 2.04. The SMILES string of the molecule is CCCC(C)Oc1ccc(Cl)c(CCl)n1. The molecule has 0 aliphatic carbocycles. The lowest BCUT2D eigenvalue weighted by atomic mass is 10.2.